The molecule has 1 aromatic carbocycles. The van der Waals surface area contributed by atoms with Crippen molar-refractivity contribution >= 4 is 34.0 Å². The Bertz CT molecular complexity index is 818. The van der Waals surface area contributed by atoms with Gasteiger partial charge in [0.05, 0.1) is 16.6 Å². The van der Waals surface area contributed by atoms with E-state index in [0.717, 1.165) is 21.0 Å². The van der Waals surface area contributed by atoms with E-state index in [0.29, 0.717) is 5.58 Å². The molecule has 0 aliphatic heterocycles. The number of thiophene rings is 1. The van der Waals surface area contributed by atoms with Crippen LogP contribution in [0.1, 0.15) is 16.5 Å². The summed E-state index contributed by atoms with van der Waals surface area (Å²) in [5, 5.41) is 5.95. The summed E-state index contributed by atoms with van der Waals surface area (Å²) in [6.45, 7) is 0. The van der Waals surface area contributed by atoms with Gasteiger partial charge in [-0.05, 0) is 36.2 Å². The summed E-state index contributed by atoms with van der Waals surface area (Å²) < 4.78 is 6.72. The Balaban J connectivity index is 2.13. The number of aryl methyl sites for hydroxylation is 1. The van der Waals surface area contributed by atoms with E-state index >= 15 is 0 Å². The highest BCUT2D eigenvalue weighted by molar-refractivity contribution is 7.10. The first-order valence-corrected chi connectivity index (χ1v) is 7.37. The van der Waals surface area contributed by atoms with Crippen molar-refractivity contribution in [1.82, 2.24) is 9.88 Å². The topological polar surface area (TPSA) is 47.2 Å². The smallest absolute Gasteiger partial charge is 0.408 e. The van der Waals surface area contributed by atoms with Crippen molar-refractivity contribution in [3.63, 3.8) is 0 Å². The summed E-state index contributed by atoms with van der Waals surface area (Å²) in [4.78, 5) is 12.6. The van der Waals surface area contributed by atoms with Crippen molar-refractivity contribution < 1.29 is 4.42 Å². The van der Waals surface area contributed by atoms with E-state index in [1.165, 1.54) is 4.57 Å². The Kier molecular flexibility index (Phi) is 3.41. The third-order valence-corrected chi connectivity index (χ3v) is 4.77. The lowest BCUT2D eigenvalue weighted by Crippen LogP contribution is -2.16. The molecule has 104 valence electrons. The van der Waals surface area contributed by atoms with Gasteiger partial charge in [-0.2, -0.15) is 0 Å². The van der Waals surface area contributed by atoms with Gasteiger partial charge in [0.1, 0.15) is 0 Å². The Morgan fingerprint density at radius 1 is 1.40 bits per heavy atom. The molecule has 20 heavy (non-hydrogen) atoms. The molecule has 0 saturated carbocycles. The minimum absolute atomic E-state index is 0.0163. The zero-order valence-corrected chi connectivity index (χ0v) is 12.6. The third kappa shape index (κ3) is 2.08. The first-order chi connectivity index (χ1) is 9.61. The second-order valence-electron chi connectivity index (χ2n) is 4.51. The maximum Gasteiger partial charge on any atom is 0.419 e. The highest BCUT2D eigenvalue weighted by atomic mass is 35.5. The van der Waals surface area contributed by atoms with Gasteiger partial charge in [-0.25, -0.2) is 4.79 Å². The van der Waals surface area contributed by atoms with Crippen LogP contribution in [0, 0.1) is 0 Å². The third-order valence-electron chi connectivity index (χ3n) is 3.35. The van der Waals surface area contributed by atoms with Crippen LogP contribution in [0.2, 0.25) is 5.02 Å². The SMILES string of the molecule is CNC(c1ccc2c(c1)oc(=O)n2C)c1sccc1Cl. The molecular weight excluding hydrogens is 296 g/mol. The van der Waals surface area contributed by atoms with Crippen LogP contribution in [-0.4, -0.2) is 11.6 Å². The minimum atomic E-state index is -0.354. The monoisotopic (exact) mass is 308 g/mol. The molecule has 3 rings (SSSR count). The van der Waals surface area contributed by atoms with Crippen molar-refractivity contribution in [3.8, 4) is 0 Å². The van der Waals surface area contributed by atoms with Crippen LogP contribution in [0.15, 0.2) is 38.9 Å². The first-order valence-electron chi connectivity index (χ1n) is 6.11. The van der Waals surface area contributed by atoms with Crippen molar-refractivity contribution in [2.45, 2.75) is 6.04 Å². The Morgan fingerprint density at radius 3 is 2.85 bits per heavy atom. The number of benzene rings is 1. The van der Waals surface area contributed by atoms with Gasteiger partial charge in [0.25, 0.3) is 0 Å². The molecule has 1 atom stereocenters. The van der Waals surface area contributed by atoms with Crippen molar-refractivity contribution in [2.75, 3.05) is 7.05 Å². The van der Waals surface area contributed by atoms with Crippen molar-refractivity contribution in [3.05, 3.63) is 55.7 Å². The first kappa shape index (κ1) is 13.4. The predicted molar refractivity (Wildman–Crippen MR) is 81.7 cm³/mol. The van der Waals surface area contributed by atoms with Crippen LogP contribution in [0.4, 0.5) is 0 Å². The number of nitrogens with one attached hydrogen (secondary N) is 1. The molecular formula is C14H13ClN2O2S. The quantitative estimate of drug-likeness (QED) is 0.808. The molecule has 4 nitrogen and oxygen atoms in total. The summed E-state index contributed by atoms with van der Waals surface area (Å²) in [6.07, 6.45) is 0. The van der Waals surface area contributed by atoms with E-state index in [2.05, 4.69) is 5.32 Å². The van der Waals surface area contributed by atoms with Gasteiger partial charge in [0.2, 0.25) is 0 Å². The summed E-state index contributed by atoms with van der Waals surface area (Å²) in [7, 11) is 3.58. The molecule has 2 heterocycles. The van der Waals surface area contributed by atoms with Crippen molar-refractivity contribution in [1.29, 1.82) is 0 Å². The molecule has 3 aromatic rings. The van der Waals surface area contributed by atoms with Gasteiger partial charge in [-0.1, -0.05) is 17.7 Å². The highest BCUT2D eigenvalue weighted by Gasteiger charge is 2.18. The molecule has 0 aliphatic carbocycles. The molecule has 0 amide bonds. The van der Waals surface area contributed by atoms with Crippen LogP contribution >= 0.6 is 22.9 Å². The lowest BCUT2D eigenvalue weighted by atomic mass is 10.1. The highest BCUT2D eigenvalue weighted by Crippen LogP contribution is 2.33. The lowest BCUT2D eigenvalue weighted by molar-refractivity contribution is 0.527. The molecule has 0 spiro atoms. The zero-order chi connectivity index (χ0) is 14.3. The lowest BCUT2D eigenvalue weighted by Gasteiger charge is -2.15. The molecule has 6 heteroatoms. The van der Waals surface area contributed by atoms with E-state index in [-0.39, 0.29) is 11.8 Å². The standard InChI is InChI=1S/C14H13ClN2O2S/c1-16-12(13-9(15)5-6-20-13)8-3-4-10-11(7-8)19-14(18)17(10)2/h3-7,12,16H,1-2H3. The number of fused-ring (bicyclic) bond motifs is 1. The van der Waals surface area contributed by atoms with Crippen LogP contribution in [0.25, 0.3) is 11.1 Å². The van der Waals surface area contributed by atoms with Crippen LogP contribution in [-0.2, 0) is 7.05 Å². The van der Waals surface area contributed by atoms with Gasteiger partial charge in [0.15, 0.2) is 5.58 Å². The van der Waals surface area contributed by atoms with E-state index in [4.69, 9.17) is 16.0 Å². The molecule has 0 fully saturated rings. The average molecular weight is 309 g/mol. The summed E-state index contributed by atoms with van der Waals surface area (Å²) in [5.74, 6) is -0.354. The van der Waals surface area contributed by atoms with Gasteiger partial charge < -0.3 is 9.73 Å². The number of aromatic nitrogens is 1. The number of hydrogen-bond donors (Lipinski definition) is 1. The Morgan fingerprint density at radius 2 is 2.20 bits per heavy atom. The maximum absolute atomic E-state index is 11.5. The zero-order valence-electron chi connectivity index (χ0n) is 11.0. The van der Waals surface area contributed by atoms with Gasteiger partial charge >= 0.3 is 5.76 Å². The number of halogens is 1. The van der Waals surface area contributed by atoms with Crippen LogP contribution in [0.3, 0.4) is 0 Å². The number of nitrogens with zero attached hydrogens (tertiary/aromatic N) is 1. The molecule has 0 bridgehead atoms. The van der Waals surface area contributed by atoms with E-state index in [1.54, 1.807) is 18.4 Å². The number of rotatable bonds is 3. The molecule has 0 radical (unpaired) electrons. The second-order valence-corrected chi connectivity index (χ2v) is 5.86. The van der Waals surface area contributed by atoms with E-state index < -0.39 is 0 Å². The van der Waals surface area contributed by atoms with Gasteiger partial charge in [-0.3, -0.25) is 4.57 Å². The fraction of sp³-hybridized carbons (Fsp3) is 0.214. The fourth-order valence-corrected chi connectivity index (χ4v) is 3.59. The summed E-state index contributed by atoms with van der Waals surface area (Å²) >= 11 is 7.80. The Labute approximate surface area is 124 Å². The molecule has 2 aromatic heterocycles. The molecule has 0 aliphatic rings. The minimum Gasteiger partial charge on any atom is -0.408 e. The largest absolute Gasteiger partial charge is 0.419 e. The predicted octanol–water partition coefficient (Wildman–Crippen LogP) is 3.16. The van der Waals surface area contributed by atoms with Gasteiger partial charge in [0, 0.05) is 11.9 Å². The molecule has 0 saturated heterocycles. The maximum atomic E-state index is 11.5. The number of hydrogen-bond acceptors (Lipinski definition) is 4. The fourth-order valence-electron chi connectivity index (χ4n) is 2.29. The van der Waals surface area contributed by atoms with E-state index in [1.807, 2.05) is 36.7 Å². The number of oxazole rings is 1. The Hall–Kier alpha value is -1.56. The second kappa shape index (κ2) is 5.09. The van der Waals surface area contributed by atoms with Crippen molar-refractivity contribution in [2.24, 2.45) is 7.05 Å². The van der Waals surface area contributed by atoms with Gasteiger partial charge in [-0.15, -0.1) is 11.3 Å². The molecule has 1 N–H and O–H groups in total. The average Bonchev–Trinajstić information content (AvgIpc) is 2.96. The summed E-state index contributed by atoms with van der Waals surface area (Å²) in [6, 6.07) is 7.62. The van der Waals surface area contributed by atoms with E-state index in [9.17, 15) is 4.79 Å². The summed E-state index contributed by atoms with van der Waals surface area (Å²) in [5.41, 5.74) is 2.38. The van der Waals surface area contributed by atoms with Crippen LogP contribution in [0.5, 0.6) is 0 Å². The molecule has 1 unspecified atom stereocenters. The normalized spacial score (nSPS) is 12.9. The van der Waals surface area contributed by atoms with Crippen LogP contribution < -0.4 is 11.1 Å².